The molecule has 0 saturated heterocycles. The van der Waals surface area contributed by atoms with Crippen molar-refractivity contribution in [2.45, 2.75) is 38.0 Å². The lowest BCUT2D eigenvalue weighted by Gasteiger charge is -2.16. The van der Waals surface area contributed by atoms with Gasteiger partial charge in [-0.1, -0.05) is 23.4 Å². The van der Waals surface area contributed by atoms with Gasteiger partial charge in [0.15, 0.2) is 16.3 Å². The molecule has 0 radical (unpaired) electrons. The second-order valence-electron chi connectivity index (χ2n) is 7.85. The van der Waals surface area contributed by atoms with Crippen LogP contribution in [0.15, 0.2) is 44.1 Å². The molecular formula is C21H23ClN6O3S. The summed E-state index contributed by atoms with van der Waals surface area (Å²) in [6, 6.07) is 4.98. The van der Waals surface area contributed by atoms with Crippen molar-refractivity contribution in [1.29, 1.82) is 0 Å². The highest BCUT2D eigenvalue weighted by Gasteiger charge is 2.16. The average Bonchev–Trinajstić information content (AvgIpc) is 3.12. The van der Waals surface area contributed by atoms with Crippen LogP contribution in [0.1, 0.15) is 26.3 Å². The van der Waals surface area contributed by atoms with Gasteiger partial charge in [-0.2, -0.15) is 0 Å². The summed E-state index contributed by atoms with van der Waals surface area (Å²) in [7, 11) is 3.33. The summed E-state index contributed by atoms with van der Waals surface area (Å²) in [4.78, 5) is 47.2. The van der Waals surface area contributed by atoms with Crippen LogP contribution < -0.4 is 16.8 Å². The van der Waals surface area contributed by atoms with Crippen molar-refractivity contribution in [2.75, 3.05) is 5.75 Å². The van der Waals surface area contributed by atoms with Crippen molar-refractivity contribution in [3.05, 3.63) is 60.7 Å². The highest BCUT2D eigenvalue weighted by atomic mass is 35.5. The van der Waals surface area contributed by atoms with Gasteiger partial charge in [0, 0.05) is 37.5 Å². The van der Waals surface area contributed by atoms with Crippen LogP contribution >= 0.6 is 23.4 Å². The van der Waals surface area contributed by atoms with E-state index in [-0.39, 0.29) is 23.7 Å². The van der Waals surface area contributed by atoms with E-state index in [0.29, 0.717) is 44.4 Å². The summed E-state index contributed by atoms with van der Waals surface area (Å²) in [5.74, 6) is 0.574. The van der Waals surface area contributed by atoms with Gasteiger partial charge in [0.1, 0.15) is 0 Å². The summed E-state index contributed by atoms with van der Waals surface area (Å²) >= 11 is 7.50. The third-order valence-corrected chi connectivity index (χ3v) is 6.58. The van der Waals surface area contributed by atoms with Crippen LogP contribution in [0.5, 0.6) is 0 Å². The van der Waals surface area contributed by atoms with Crippen molar-refractivity contribution in [2.24, 2.45) is 14.1 Å². The SMILES string of the molecule is CC(C)n1c(SCCCn2c(=O)c3c(ncn3C)n(C)c2=O)nc2cc(Cl)ccc2c1=O. The topological polar surface area (TPSA) is 96.7 Å². The fourth-order valence-electron chi connectivity index (χ4n) is 3.69. The lowest BCUT2D eigenvalue weighted by atomic mass is 10.2. The van der Waals surface area contributed by atoms with Crippen molar-refractivity contribution >= 4 is 45.4 Å². The predicted octanol–water partition coefficient (Wildman–Crippen LogP) is 2.56. The van der Waals surface area contributed by atoms with E-state index in [1.807, 2.05) is 13.8 Å². The van der Waals surface area contributed by atoms with E-state index in [4.69, 9.17) is 11.6 Å². The van der Waals surface area contributed by atoms with E-state index in [0.717, 1.165) is 0 Å². The molecule has 168 valence electrons. The molecule has 32 heavy (non-hydrogen) atoms. The third-order valence-electron chi connectivity index (χ3n) is 5.31. The van der Waals surface area contributed by atoms with Gasteiger partial charge in [-0.15, -0.1) is 0 Å². The third kappa shape index (κ3) is 3.77. The van der Waals surface area contributed by atoms with E-state index in [1.165, 1.54) is 27.2 Å². The zero-order valence-electron chi connectivity index (χ0n) is 18.2. The molecule has 0 spiro atoms. The molecule has 3 aromatic heterocycles. The first-order chi connectivity index (χ1) is 15.2. The quantitative estimate of drug-likeness (QED) is 0.242. The summed E-state index contributed by atoms with van der Waals surface area (Å²) in [5.41, 5.74) is 0.438. The average molecular weight is 475 g/mol. The number of benzene rings is 1. The van der Waals surface area contributed by atoms with Gasteiger partial charge in [-0.05, 0) is 38.5 Å². The first kappa shape index (κ1) is 22.3. The van der Waals surface area contributed by atoms with Gasteiger partial charge >= 0.3 is 5.69 Å². The number of rotatable bonds is 6. The number of thioether (sulfide) groups is 1. The summed E-state index contributed by atoms with van der Waals surface area (Å²) < 4.78 is 5.89. The standard InChI is InChI=1S/C21H23ClN6O3S/c1-12(2)28-18(29)14-7-6-13(22)10-15(14)24-20(28)32-9-5-8-27-19(30)16-17(23-11-25(16)3)26(4)21(27)31/h6-7,10-12H,5,8-9H2,1-4H3. The van der Waals surface area contributed by atoms with Gasteiger partial charge in [0.2, 0.25) is 0 Å². The van der Waals surface area contributed by atoms with Gasteiger partial charge in [-0.3, -0.25) is 23.3 Å². The second kappa shape index (κ2) is 8.59. The summed E-state index contributed by atoms with van der Waals surface area (Å²) in [5, 5.41) is 1.62. The molecule has 0 unspecified atom stereocenters. The Morgan fingerprint density at radius 3 is 2.59 bits per heavy atom. The van der Waals surface area contributed by atoms with Gasteiger partial charge in [-0.25, -0.2) is 14.8 Å². The highest BCUT2D eigenvalue weighted by molar-refractivity contribution is 7.99. The van der Waals surface area contributed by atoms with Crippen molar-refractivity contribution in [3.8, 4) is 0 Å². The maximum atomic E-state index is 13.0. The Labute approximate surface area is 192 Å². The van der Waals surface area contributed by atoms with Crippen molar-refractivity contribution in [3.63, 3.8) is 0 Å². The van der Waals surface area contributed by atoms with Crippen LogP contribution in [-0.2, 0) is 20.6 Å². The van der Waals surface area contributed by atoms with Crippen LogP contribution in [0, 0.1) is 0 Å². The second-order valence-corrected chi connectivity index (χ2v) is 9.35. The van der Waals surface area contributed by atoms with Crippen molar-refractivity contribution in [1.82, 2.24) is 28.2 Å². The molecule has 1 aromatic carbocycles. The molecule has 0 saturated carbocycles. The van der Waals surface area contributed by atoms with E-state index < -0.39 is 5.69 Å². The van der Waals surface area contributed by atoms with Crippen LogP contribution in [0.25, 0.3) is 22.1 Å². The van der Waals surface area contributed by atoms with Crippen LogP contribution in [-0.4, -0.2) is 34.0 Å². The van der Waals surface area contributed by atoms with E-state index in [9.17, 15) is 14.4 Å². The normalized spacial score (nSPS) is 11.8. The zero-order valence-corrected chi connectivity index (χ0v) is 19.8. The molecule has 0 aliphatic rings. The molecule has 4 rings (SSSR count). The lowest BCUT2D eigenvalue weighted by Crippen LogP contribution is -2.39. The Kier molecular flexibility index (Phi) is 6.00. The first-order valence-corrected chi connectivity index (χ1v) is 11.5. The Morgan fingerprint density at radius 2 is 1.88 bits per heavy atom. The zero-order chi connectivity index (χ0) is 23.2. The maximum absolute atomic E-state index is 13.0. The van der Waals surface area contributed by atoms with Crippen LogP contribution in [0.2, 0.25) is 5.02 Å². The Morgan fingerprint density at radius 1 is 1.12 bits per heavy atom. The molecule has 0 amide bonds. The van der Waals surface area contributed by atoms with Crippen LogP contribution in [0.3, 0.4) is 0 Å². The minimum Gasteiger partial charge on any atom is -0.328 e. The number of imidazole rings is 1. The van der Waals surface area contributed by atoms with Crippen LogP contribution in [0.4, 0.5) is 0 Å². The molecule has 11 heteroatoms. The number of hydrogen-bond acceptors (Lipinski definition) is 6. The molecule has 3 heterocycles. The number of aromatic nitrogens is 6. The molecule has 0 N–H and O–H groups in total. The summed E-state index contributed by atoms with van der Waals surface area (Å²) in [6.45, 7) is 4.12. The maximum Gasteiger partial charge on any atom is 0.332 e. The van der Waals surface area contributed by atoms with E-state index >= 15 is 0 Å². The monoisotopic (exact) mass is 474 g/mol. The molecule has 0 fully saturated rings. The molecule has 0 atom stereocenters. The molecule has 9 nitrogen and oxygen atoms in total. The molecule has 0 bridgehead atoms. The molecule has 0 aliphatic carbocycles. The number of aryl methyl sites for hydroxylation is 2. The number of nitrogens with zero attached hydrogens (tertiary/aromatic N) is 6. The number of hydrogen-bond donors (Lipinski definition) is 0. The van der Waals surface area contributed by atoms with Crippen molar-refractivity contribution < 1.29 is 0 Å². The minimum atomic E-state index is -0.399. The number of halogens is 1. The van der Waals surface area contributed by atoms with E-state index in [1.54, 1.807) is 41.4 Å². The Bertz CT molecular complexity index is 1510. The van der Waals surface area contributed by atoms with Gasteiger partial charge in [0.25, 0.3) is 11.1 Å². The number of fused-ring (bicyclic) bond motifs is 2. The first-order valence-electron chi connectivity index (χ1n) is 10.2. The molecule has 4 aromatic rings. The molecule has 0 aliphatic heterocycles. The molecular weight excluding hydrogens is 452 g/mol. The smallest absolute Gasteiger partial charge is 0.328 e. The summed E-state index contributed by atoms with van der Waals surface area (Å²) in [6.07, 6.45) is 2.07. The Balaban J connectivity index is 1.60. The van der Waals surface area contributed by atoms with Gasteiger partial charge < -0.3 is 4.57 Å². The minimum absolute atomic E-state index is 0.0697. The van der Waals surface area contributed by atoms with Gasteiger partial charge in [0.05, 0.1) is 17.2 Å². The predicted molar refractivity (Wildman–Crippen MR) is 127 cm³/mol. The fraction of sp³-hybridized carbons (Fsp3) is 0.381. The highest BCUT2D eigenvalue weighted by Crippen LogP contribution is 2.23. The lowest BCUT2D eigenvalue weighted by molar-refractivity contribution is 0.518. The van der Waals surface area contributed by atoms with E-state index in [2.05, 4.69) is 9.97 Å². The largest absolute Gasteiger partial charge is 0.332 e. The fourth-order valence-corrected chi connectivity index (χ4v) is 4.91. The Hall–Kier alpha value is -2.85.